The van der Waals surface area contributed by atoms with E-state index in [1.54, 1.807) is 29.2 Å². The second-order valence-electron chi connectivity index (χ2n) is 6.70. The lowest BCUT2D eigenvalue weighted by Gasteiger charge is -2.25. The van der Waals surface area contributed by atoms with Gasteiger partial charge in [0.05, 0.1) is 12.6 Å². The second-order valence-corrected chi connectivity index (χ2v) is 6.70. The molecule has 0 bridgehead atoms. The number of hydrogen-bond donors (Lipinski definition) is 3. The van der Waals surface area contributed by atoms with Gasteiger partial charge in [-0.3, -0.25) is 9.59 Å². The van der Waals surface area contributed by atoms with Crippen LogP contribution in [0, 0.1) is 5.41 Å². The highest BCUT2D eigenvalue weighted by Crippen LogP contribution is 2.19. The standard InChI is InChI=1S/C16H26N4O2/c1-16(2,3)14(17)15(22)19-12-8-6-11(7-9-12)18-13(21)10-20(4)5/h6-9,14H,10,17H2,1-5H3,(H,18,21)(H,19,22)/t14-/m1/s1. The zero-order chi connectivity index (χ0) is 16.9. The molecule has 0 heterocycles. The molecule has 22 heavy (non-hydrogen) atoms. The SMILES string of the molecule is CN(C)CC(=O)Nc1ccc(NC(=O)[C@@H](N)C(C)(C)C)cc1. The van der Waals surface area contributed by atoms with Crippen molar-refractivity contribution in [1.29, 1.82) is 0 Å². The van der Waals surface area contributed by atoms with E-state index in [1.165, 1.54) is 0 Å². The Morgan fingerprint density at radius 3 is 1.95 bits per heavy atom. The smallest absolute Gasteiger partial charge is 0.241 e. The summed E-state index contributed by atoms with van der Waals surface area (Å²) in [4.78, 5) is 25.5. The number of nitrogens with one attached hydrogen (secondary N) is 2. The van der Waals surface area contributed by atoms with Crippen molar-refractivity contribution in [3.8, 4) is 0 Å². The van der Waals surface area contributed by atoms with E-state index in [-0.39, 0.29) is 17.2 Å². The molecule has 4 N–H and O–H groups in total. The van der Waals surface area contributed by atoms with Gasteiger partial charge in [-0.25, -0.2) is 0 Å². The van der Waals surface area contributed by atoms with Gasteiger partial charge in [0.15, 0.2) is 0 Å². The third-order valence-electron chi connectivity index (χ3n) is 3.11. The number of rotatable bonds is 5. The zero-order valence-electron chi connectivity index (χ0n) is 13.9. The van der Waals surface area contributed by atoms with Gasteiger partial charge in [0.2, 0.25) is 11.8 Å². The number of carbonyl (C=O) groups excluding carboxylic acids is 2. The van der Waals surface area contributed by atoms with E-state index in [2.05, 4.69) is 10.6 Å². The Morgan fingerprint density at radius 2 is 1.55 bits per heavy atom. The number of nitrogens with zero attached hydrogens (tertiary/aromatic N) is 1. The number of benzene rings is 1. The summed E-state index contributed by atoms with van der Waals surface area (Å²) in [6, 6.07) is 6.36. The molecule has 6 nitrogen and oxygen atoms in total. The predicted molar refractivity (Wildman–Crippen MR) is 89.7 cm³/mol. The molecule has 0 aliphatic carbocycles. The van der Waals surface area contributed by atoms with Crippen LogP contribution < -0.4 is 16.4 Å². The third-order valence-corrected chi connectivity index (χ3v) is 3.11. The van der Waals surface area contributed by atoms with Crippen LogP contribution >= 0.6 is 0 Å². The van der Waals surface area contributed by atoms with Gasteiger partial charge >= 0.3 is 0 Å². The van der Waals surface area contributed by atoms with Crippen LogP contribution in [-0.4, -0.2) is 43.4 Å². The average molecular weight is 306 g/mol. The van der Waals surface area contributed by atoms with Crippen LogP contribution in [0.3, 0.4) is 0 Å². The molecule has 0 fully saturated rings. The van der Waals surface area contributed by atoms with Gasteiger partial charge in [0.1, 0.15) is 0 Å². The van der Waals surface area contributed by atoms with Crippen molar-refractivity contribution in [1.82, 2.24) is 4.90 Å². The summed E-state index contributed by atoms with van der Waals surface area (Å²) < 4.78 is 0. The highest BCUT2D eigenvalue weighted by molar-refractivity contribution is 5.96. The molecule has 0 saturated heterocycles. The van der Waals surface area contributed by atoms with Crippen LogP contribution in [0.4, 0.5) is 11.4 Å². The minimum Gasteiger partial charge on any atom is -0.325 e. The molecule has 2 amide bonds. The van der Waals surface area contributed by atoms with Crippen LogP contribution in [0.15, 0.2) is 24.3 Å². The maximum atomic E-state index is 12.0. The van der Waals surface area contributed by atoms with E-state index >= 15 is 0 Å². The number of carbonyl (C=O) groups is 2. The van der Waals surface area contributed by atoms with Crippen molar-refractivity contribution in [3.63, 3.8) is 0 Å². The van der Waals surface area contributed by atoms with Gasteiger partial charge < -0.3 is 21.3 Å². The highest BCUT2D eigenvalue weighted by Gasteiger charge is 2.27. The van der Waals surface area contributed by atoms with E-state index in [4.69, 9.17) is 5.73 Å². The fraction of sp³-hybridized carbons (Fsp3) is 0.500. The summed E-state index contributed by atoms with van der Waals surface area (Å²) in [7, 11) is 3.66. The van der Waals surface area contributed by atoms with Gasteiger partial charge in [-0.1, -0.05) is 20.8 Å². The molecule has 0 aromatic heterocycles. The molecule has 0 aliphatic rings. The molecule has 122 valence electrons. The molecular weight excluding hydrogens is 280 g/mol. The van der Waals surface area contributed by atoms with Crippen LogP contribution in [0.1, 0.15) is 20.8 Å². The summed E-state index contributed by atoms with van der Waals surface area (Å²) in [5.41, 5.74) is 6.94. The normalized spacial score (nSPS) is 12.9. The fourth-order valence-electron chi connectivity index (χ4n) is 1.74. The van der Waals surface area contributed by atoms with Gasteiger partial charge in [0, 0.05) is 11.4 Å². The maximum Gasteiger partial charge on any atom is 0.241 e. The molecule has 0 spiro atoms. The fourth-order valence-corrected chi connectivity index (χ4v) is 1.74. The quantitative estimate of drug-likeness (QED) is 0.769. The first-order valence-corrected chi connectivity index (χ1v) is 7.20. The maximum absolute atomic E-state index is 12.0. The van der Waals surface area contributed by atoms with Crippen molar-refractivity contribution < 1.29 is 9.59 Å². The Balaban J connectivity index is 2.62. The Bertz CT molecular complexity index is 518. The van der Waals surface area contributed by atoms with Gasteiger partial charge in [0.25, 0.3) is 0 Å². The molecule has 0 radical (unpaired) electrons. The third kappa shape index (κ3) is 5.83. The first kappa shape index (κ1) is 18.1. The van der Waals surface area contributed by atoms with Crippen molar-refractivity contribution in [2.24, 2.45) is 11.1 Å². The molecule has 1 rings (SSSR count). The molecule has 0 unspecified atom stereocenters. The van der Waals surface area contributed by atoms with E-state index in [0.29, 0.717) is 17.9 Å². The minimum atomic E-state index is -0.591. The van der Waals surface area contributed by atoms with Crippen molar-refractivity contribution in [2.45, 2.75) is 26.8 Å². The highest BCUT2D eigenvalue weighted by atomic mass is 16.2. The van der Waals surface area contributed by atoms with Gasteiger partial charge in [-0.2, -0.15) is 0 Å². The largest absolute Gasteiger partial charge is 0.325 e. The molecule has 1 aromatic rings. The topological polar surface area (TPSA) is 87.5 Å². The van der Waals surface area contributed by atoms with Crippen LogP contribution in [0.25, 0.3) is 0 Å². The van der Waals surface area contributed by atoms with E-state index in [9.17, 15) is 9.59 Å². The van der Waals surface area contributed by atoms with Crippen molar-refractivity contribution >= 4 is 23.2 Å². The molecule has 6 heteroatoms. The van der Waals surface area contributed by atoms with Gasteiger partial charge in [-0.05, 0) is 43.8 Å². The van der Waals surface area contributed by atoms with Gasteiger partial charge in [-0.15, -0.1) is 0 Å². The molecule has 0 saturated carbocycles. The van der Waals surface area contributed by atoms with Crippen LogP contribution in [-0.2, 0) is 9.59 Å². The first-order chi connectivity index (χ1) is 10.1. The Hall–Kier alpha value is -1.92. The molecule has 1 aromatic carbocycles. The summed E-state index contributed by atoms with van der Waals surface area (Å²) in [6.45, 7) is 6.07. The predicted octanol–water partition coefficient (Wildman–Crippen LogP) is 1.50. The van der Waals surface area contributed by atoms with E-state index in [0.717, 1.165) is 0 Å². The van der Waals surface area contributed by atoms with E-state index < -0.39 is 6.04 Å². The zero-order valence-corrected chi connectivity index (χ0v) is 13.9. The lowest BCUT2D eigenvalue weighted by atomic mass is 9.87. The number of nitrogens with two attached hydrogens (primary N) is 1. The van der Waals surface area contributed by atoms with Crippen LogP contribution in [0.5, 0.6) is 0 Å². The van der Waals surface area contributed by atoms with E-state index in [1.807, 2.05) is 34.9 Å². The minimum absolute atomic E-state index is 0.0865. The lowest BCUT2D eigenvalue weighted by Crippen LogP contribution is -2.45. The Morgan fingerprint density at radius 1 is 1.09 bits per heavy atom. The number of likely N-dealkylation sites (N-methyl/N-ethyl adjacent to an activating group) is 1. The summed E-state index contributed by atoms with van der Waals surface area (Å²) in [5, 5.41) is 5.56. The average Bonchev–Trinajstić information content (AvgIpc) is 2.38. The monoisotopic (exact) mass is 306 g/mol. The summed E-state index contributed by atoms with van der Waals surface area (Å²) in [5.74, 6) is -0.312. The molecule has 1 atom stereocenters. The molecule has 0 aliphatic heterocycles. The lowest BCUT2D eigenvalue weighted by molar-refractivity contribution is -0.119. The number of hydrogen-bond acceptors (Lipinski definition) is 4. The summed E-state index contributed by atoms with van der Waals surface area (Å²) >= 11 is 0. The Labute approximate surface area is 132 Å². The number of amides is 2. The van der Waals surface area contributed by atoms with Crippen LogP contribution in [0.2, 0.25) is 0 Å². The summed E-state index contributed by atoms with van der Waals surface area (Å²) in [6.07, 6.45) is 0. The van der Waals surface area contributed by atoms with Crippen molar-refractivity contribution in [3.05, 3.63) is 24.3 Å². The molecular formula is C16H26N4O2. The first-order valence-electron chi connectivity index (χ1n) is 7.20. The van der Waals surface area contributed by atoms with Crippen molar-refractivity contribution in [2.75, 3.05) is 31.3 Å². The number of anilines is 2. The second kappa shape index (κ2) is 7.38. The Kier molecular flexibility index (Phi) is 6.08.